The second-order valence-electron chi connectivity index (χ2n) is 27.0. The van der Waals surface area contributed by atoms with Crippen molar-refractivity contribution in [1.82, 2.24) is 0 Å². The molecular formula is C60H108O6. The molecule has 3 unspecified atom stereocenters. The largest absolute Gasteiger partial charge is 0.393 e. The van der Waals surface area contributed by atoms with Gasteiger partial charge in [0, 0.05) is 0 Å². The van der Waals surface area contributed by atoms with Crippen LogP contribution in [-0.2, 0) is 29.1 Å². The van der Waals surface area contributed by atoms with Crippen LogP contribution in [0.3, 0.4) is 0 Å². The van der Waals surface area contributed by atoms with E-state index in [2.05, 4.69) is 111 Å². The van der Waals surface area contributed by atoms with Crippen LogP contribution in [0.1, 0.15) is 272 Å². The van der Waals surface area contributed by atoms with Crippen molar-refractivity contribution in [3.8, 4) is 0 Å². The minimum atomic E-state index is -1.26. The second kappa shape index (κ2) is 21.7. The Labute approximate surface area is 408 Å². The van der Waals surface area contributed by atoms with E-state index in [1.54, 1.807) is 0 Å². The summed E-state index contributed by atoms with van der Waals surface area (Å²) in [5.41, 5.74) is -2.76. The monoisotopic (exact) mass is 925 g/mol. The van der Waals surface area contributed by atoms with E-state index in [0.717, 1.165) is 69.6 Å². The third-order valence-corrected chi connectivity index (χ3v) is 22.9. The highest BCUT2D eigenvalue weighted by atomic mass is 17.3. The predicted octanol–water partition coefficient (Wildman–Crippen LogP) is 17.6. The van der Waals surface area contributed by atoms with E-state index in [4.69, 9.17) is 19.6 Å². The average molecular weight is 926 g/mol. The van der Waals surface area contributed by atoms with E-state index in [-0.39, 0.29) is 33.0 Å². The van der Waals surface area contributed by atoms with E-state index >= 15 is 4.79 Å². The summed E-state index contributed by atoms with van der Waals surface area (Å²) in [6.45, 7) is 41.8. The summed E-state index contributed by atoms with van der Waals surface area (Å²) in [4.78, 5) is 54.3. The van der Waals surface area contributed by atoms with Gasteiger partial charge in [-0.3, -0.25) is 0 Å². The summed E-state index contributed by atoms with van der Waals surface area (Å²) in [5, 5.41) is 0. The summed E-state index contributed by atoms with van der Waals surface area (Å²) in [6, 6.07) is 0. The highest BCUT2D eigenvalue weighted by Crippen LogP contribution is 2.79. The first-order valence-corrected chi connectivity index (χ1v) is 28.7. The first-order chi connectivity index (χ1) is 30.9. The molecule has 3 atom stereocenters. The molecule has 0 aromatic rings. The van der Waals surface area contributed by atoms with Crippen LogP contribution in [0.25, 0.3) is 0 Å². The summed E-state index contributed by atoms with van der Waals surface area (Å²) in [6.07, 6.45) is 25.3. The van der Waals surface area contributed by atoms with Crippen molar-refractivity contribution in [3.05, 3.63) is 0 Å². The smallest absolute Gasteiger partial charge is 0.247 e. The normalized spacial score (nSPS) is 38.3. The quantitative estimate of drug-likeness (QED) is 0.0895. The molecule has 0 amide bonds. The molecule has 6 nitrogen and oxygen atoms in total. The molecule has 1 saturated heterocycles. The maximum absolute atomic E-state index is 16.5. The molecule has 5 fully saturated rings. The van der Waals surface area contributed by atoms with Crippen LogP contribution in [0, 0.1) is 85.2 Å². The number of carbonyl (C=O) groups is 2. The highest BCUT2D eigenvalue weighted by Gasteiger charge is 2.74. The Morgan fingerprint density at radius 1 is 0.576 bits per heavy atom. The lowest BCUT2D eigenvalue weighted by Crippen LogP contribution is -2.69. The zero-order valence-corrected chi connectivity index (χ0v) is 46.6. The van der Waals surface area contributed by atoms with Gasteiger partial charge in [0.2, 0.25) is 5.60 Å². The zero-order valence-electron chi connectivity index (χ0n) is 46.6. The van der Waals surface area contributed by atoms with Gasteiger partial charge in [-0.25, -0.2) is 29.1 Å². The third kappa shape index (κ3) is 9.78. The molecule has 0 bridgehead atoms. The van der Waals surface area contributed by atoms with Gasteiger partial charge in [0.15, 0.2) is 0 Å². The lowest BCUT2D eigenvalue weighted by molar-refractivity contribution is -0.502. The molecule has 0 aromatic carbocycles. The van der Waals surface area contributed by atoms with Crippen molar-refractivity contribution < 1.29 is 29.1 Å². The van der Waals surface area contributed by atoms with Gasteiger partial charge >= 0.3 is 11.9 Å². The van der Waals surface area contributed by atoms with Gasteiger partial charge < -0.3 is 0 Å². The minimum absolute atomic E-state index is 0.0694. The van der Waals surface area contributed by atoms with Gasteiger partial charge in [0.05, 0.1) is 5.41 Å². The third-order valence-electron chi connectivity index (χ3n) is 22.9. The van der Waals surface area contributed by atoms with E-state index in [1.807, 2.05) is 6.92 Å². The Balaban J connectivity index is 1.83. The zero-order chi connectivity index (χ0) is 49.1. The molecule has 5 aliphatic rings. The summed E-state index contributed by atoms with van der Waals surface area (Å²) < 4.78 is 0. The van der Waals surface area contributed by atoms with Gasteiger partial charge in [0.25, 0.3) is 0 Å². The van der Waals surface area contributed by atoms with Crippen LogP contribution in [0.4, 0.5) is 0 Å². The van der Waals surface area contributed by atoms with Gasteiger partial charge in [-0.1, -0.05) is 137 Å². The topological polar surface area (TPSA) is 71.1 Å². The lowest BCUT2D eigenvalue weighted by atomic mass is 9.30. The predicted molar refractivity (Wildman–Crippen MR) is 273 cm³/mol. The van der Waals surface area contributed by atoms with Crippen LogP contribution < -0.4 is 0 Å². The van der Waals surface area contributed by atoms with E-state index < -0.39 is 28.5 Å². The molecule has 0 spiro atoms. The summed E-state index contributed by atoms with van der Waals surface area (Å²) in [7, 11) is 0. The Morgan fingerprint density at radius 2 is 0.955 bits per heavy atom. The molecule has 66 heavy (non-hydrogen) atoms. The first-order valence-electron chi connectivity index (χ1n) is 28.7. The number of hydrogen-bond acceptors (Lipinski definition) is 6. The molecule has 6 heteroatoms. The number of carbonyl (C=O) groups excluding carboxylic acids is 2. The van der Waals surface area contributed by atoms with E-state index in [9.17, 15) is 4.79 Å². The fraction of sp³-hybridized carbons (Fsp3) is 0.967. The van der Waals surface area contributed by atoms with Crippen molar-refractivity contribution in [2.75, 3.05) is 0 Å². The summed E-state index contributed by atoms with van der Waals surface area (Å²) in [5.74, 6) is 4.64. The van der Waals surface area contributed by atoms with E-state index in [0.29, 0.717) is 54.8 Å². The molecule has 384 valence electrons. The van der Waals surface area contributed by atoms with Crippen LogP contribution in [0.15, 0.2) is 0 Å². The molecule has 4 saturated carbocycles. The number of hydrogen-bond donors (Lipinski definition) is 0. The highest BCUT2D eigenvalue weighted by molar-refractivity contribution is 5.83. The van der Waals surface area contributed by atoms with Crippen molar-refractivity contribution in [3.63, 3.8) is 0 Å². The number of rotatable bonds is 20. The van der Waals surface area contributed by atoms with Crippen LogP contribution >= 0.6 is 0 Å². The Kier molecular flexibility index (Phi) is 18.3. The molecule has 1 heterocycles. The molecular weight excluding hydrogens is 817 g/mol. The van der Waals surface area contributed by atoms with Crippen molar-refractivity contribution in [1.29, 1.82) is 0 Å². The SMILES string of the molecule is CCCCC(CC)(C(=O)OOC(=O)C1(CC)OOC1CCC)C(CC(C)(C1(C)CCC(C(C)C)CC1)C1(C)CCC(C(C)C)CC1)(C1(C)CCC(C(C)C)CC1)C1(C)CCC(C(C)C)CC1. The minimum Gasteiger partial charge on any atom is -0.247 e. The molecule has 0 N–H and O–H groups in total. The number of unbranched alkanes of at least 4 members (excludes halogenated alkanes) is 1. The summed E-state index contributed by atoms with van der Waals surface area (Å²) >= 11 is 0. The Bertz CT molecular complexity index is 1470. The average Bonchev–Trinajstić information content (AvgIpc) is 3.27. The van der Waals surface area contributed by atoms with Gasteiger partial charge in [-0.15, -0.1) is 0 Å². The van der Waals surface area contributed by atoms with Crippen LogP contribution in [0.2, 0.25) is 0 Å². The van der Waals surface area contributed by atoms with Crippen LogP contribution in [-0.4, -0.2) is 23.6 Å². The fourth-order valence-electron chi connectivity index (χ4n) is 17.1. The van der Waals surface area contributed by atoms with E-state index in [1.165, 1.54) is 77.0 Å². The second-order valence-corrected chi connectivity index (χ2v) is 27.0. The Morgan fingerprint density at radius 3 is 1.24 bits per heavy atom. The standard InChI is InChI=1S/C60H108O6/c1-18-22-32-58(20-3,51(61)64-65-52(62)59(21-4)50(23-19-2)63-66-59)60(55(15)37-28-48(29-38-55)44(9)10,56(16)39-30-49(31-40-56)45(11)12)41-57(17,53(13)33-24-46(25-34-53)42(5)6)54(14)35-26-47(27-36-54)43(7)8/h42-50H,18-41H2,1-17H3. The molecule has 0 radical (unpaired) electrons. The Hall–Kier alpha value is -1.14. The lowest BCUT2D eigenvalue weighted by Gasteiger charge is -2.73. The van der Waals surface area contributed by atoms with Crippen molar-refractivity contribution in [2.45, 2.75) is 284 Å². The van der Waals surface area contributed by atoms with Gasteiger partial charge in [0.1, 0.15) is 6.10 Å². The molecule has 1 aliphatic heterocycles. The maximum Gasteiger partial charge on any atom is 0.393 e. The molecule has 0 aromatic heterocycles. The van der Waals surface area contributed by atoms with Crippen LogP contribution in [0.5, 0.6) is 0 Å². The van der Waals surface area contributed by atoms with Gasteiger partial charge in [-0.2, -0.15) is 0 Å². The van der Waals surface area contributed by atoms with Crippen molar-refractivity contribution >= 4 is 11.9 Å². The van der Waals surface area contributed by atoms with Crippen molar-refractivity contribution in [2.24, 2.45) is 85.2 Å². The maximum atomic E-state index is 16.5. The molecule has 4 aliphatic carbocycles. The molecule has 5 rings (SSSR count). The fourth-order valence-corrected chi connectivity index (χ4v) is 17.1. The first kappa shape index (κ1) is 55.8. The van der Waals surface area contributed by atoms with Gasteiger partial charge in [-0.05, 0) is 215 Å².